The molecule has 1 aliphatic rings. The van der Waals surface area contributed by atoms with E-state index in [1.165, 1.54) is 5.56 Å². The van der Waals surface area contributed by atoms with Crippen LogP contribution in [0.15, 0.2) is 40.3 Å². The van der Waals surface area contributed by atoms with Gasteiger partial charge < -0.3 is 0 Å². The van der Waals surface area contributed by atoms with Gasteiger partial charge in [0.15, 0.2) is 0 Å². The number of nitrogens with zero attached hydrogens (tertiary/aromatic N) is 3. The van der Waals surface area contributed by atoms with Gasteiger partial charge in [-0.25, -0.2) is 0 Å². The van der Waals surface area contributed by atoms with Crippen LogP contribution in [0.5, 0.6) is 5.75 Å². The standard InChI is InChI=1S/C14H15N3O.C2H6.2Pb/c1-4-5-14(15-2)17-9-11-6-7-12(18-3)8-13(11)16-10-17;1-2;;/h4-9H,1-3H3;1-2H3;;/b5-4-,15-14?;;;. The molecule has 0 spiro atoms. The van der Waals surface area contributed by atoms with Crippen LogP contribution in [0, 0.1) is 0 Å². The molecule has 2 rings (SSSR count). The van der Waals surface area contributed by atoms with Gasteiger partial charge in [-0.1, -0.05) is 13.8 Å². The number of rotatable bonds is 2. The quantitative estimate of drug-likeness (QED) is 0.273. The molecule has 0 N–H and O–H groups in total. The van der Waals surface area contributed by atoms with Crippen LogP contribution in [0.2, 0.25) is 0 Å². The third kappa shape index (κ3) is 4.39. The van der Waals surface area contributed by atoms with Crippen LogP contribution in [0.25, 0.3) is 0 Å². The maximum absolute atomic E-state index is 5.29. The minimum atomic E-state index is 0.371. The Labute approximate surface area is 165 Å². The molecule has 1 unspecified atom stereocenters. The molecular weight excluding hydrogens is 665 g/mol. The summed E-state index contributed by atoms with van der Waals surface area (Å²) >= 11 is 1.91. The fourth-order valence-corrected chi connectivity index (χ4v) is 7.37. The Morgan fingerprint density at radius 2 is 2.09 bits per heavy atom. The zero-order valence-electron chi connectivity index (χ0n) is 13.7. The number of fused-ring (bicyclic) bond motifs is 1. The van der Waals surface area contributed by atoms with Gasteiger partial charge in [-0.05, 0) is 0 Å². The number of allylic oxidation sites excluding steroid dienone is 1. The van der Waals surface area contributed by atoms with Crippen LogP contribution in [0.4, 0.5) is 5.69 Å². The van der Waals surface area contributed by atoms with Crippen LogP contribution in [0.1, 0.15) is 29.9 Å². The second kappa shape index (κ2) is 9.79. The van der Waals surface area contributed by atoms with E-state index in [0.717, 1.165) is 72.2 Å². The van der Waals surface area contributed by atoms with Crippen molar-refractivity contribution < 1.29 is 4.74 Å². The zero-order chi connectivity index (χ0) is 16.7. The molecule has 1 aliphatic heterocycles. The zero-order valence-corrected chi connectivity index (χ0v) is 21.5. The van der Waals surface area contributed by atoms with E-state index in [1.54, 1.807) is 7.11 Å². The summed E-state index contributed by atoms with van der Waals surface area (Å²) in [4.78, 5) is 11.4. The van der Waals surface area contributed by atoms with Gasteiger partial charge in [0.1, 0.15) is 0 Å². The molecule has 114 valence electrons. The summed E-state index contributed by atoms with van der Waals surface area (Å²) < 4.78 is 6.78. The van der Waals surface area contributed by atoms with Gasteiger partial charge in [0, 0.05) is 0 Å². The Morgan fingerprint density at radius 1 is 1.41 bits per heavy atom. The minimum Gasteiger partial charge on any atom is -0.0683 e. The molecule has 0 saturated carbocycles. The predicted molar refractivity (Wildman–Crippen MR) is 95.7 cm³/mol. The van der Waals surface area contributed by atoms with Crippen LogP contribution in [-0.4, -0.2) is 79.8 Å². The van der Waals surface area contributed by atoms with E-state index < -0.39 is 0 Å². The molecule has 1 aromatic carbocycles. The number of ether oxygens (including phenoxy) is 1. The summed E-state index contributed by atoms with van der Waals surface area (Å²) in [6.07, 6.45) is 4.07. The number of methoxy groups -OCH3 is 1. The Bertz CT molecular complexity index is 597. The fourth-order valence-electron chi connectivity index (χ4n) is 2.06. The monoisotopic (exact) mass is 687 g/mol. The first-order valence-electron chi connectivity index (χ1n) is 7.20. The van der Waals surface area contributed by atoms with Crippen molar-refractivity contribution in [3.8, 4) is 5.75 Å². The summed E-state index contributed by atoms with van der Waals surface area (Å²) in [5.41, 5.74) is 2.31. The van der Waals surface area contributed by atoms with Gasteiger partial charge in [-0.15, -0.1) is 0 Å². The molecular formula is C16H21N3OPb2. The van der Waals surface area contributed by atoms with Gasteiger partial charge in [0.05, 0.1) is 0 Å². The predicted octanol–water partition coefficient (Wildman–Crippen LogP) is 2.96. The largest absolute Gasteiger partial charge is 0.0683 e. The van der Waals surface area contributed by atoms with Crippen molar-refractivity contribution >= 4 is 66.5 Å². The van der Waals surface area contributed by atoms with E-state index in [2.05, 4.69) is 16.0 Å². The van der Waals surface area contributed by atoms with Gasteiger partial charge in [0.2, 0.25) is 0 Å². The number of benzene rings is 1. The first-order valence-corrected chi connectivity index (χ1v) is 11.4. The molecule has 0 fully saturated rings. The maximum Gasteiger partial charge on any atom is -0.0683 e. The molecule has 1 atom stereocenters. The van der Waals surface area contributed by atoms with Crippen molar-refractivity contribution in [2.75, 3.05) is 14.2 Å². The number of hydrogen-bond acceptors (Lipinski definition) is 3. The third-order valence-electron chi connectivity index (χ3n) is 3.04. The normalized spacial score (nSPS) is 17.6. The van der Waals surface area contributed by atoms with Gasteiger partial charge in [-0.3, -0.25) is 0 Å². The molecule has 0 bridgehead atoms. The van der Waals surface area contributed by atoms with Crippen molar-refractivity contribution in [2.24, 2.45) is 9.98 Å². The first-order chi connectivity index (χ1) is 10.6. The Kier molecular flexibility index (Phi) is 8.80. The number of aliphatic imine (C=N–C) groups is 2. The fraction of sp³-hybridized carbons (Fsp3) is 0.375. The molecule has 0 aliphatic carbocycles. The molecule has 0 aromatic heterocycles. The molecule has 22 heavy (non-hydrogen) atoms. The van der Waals surface area contributed by atoms with Crippen LogP contribution in [-0.2, 0) is 0 Å². The average molecular weight is 686 g/mol. The third-order valence-corrected chi connectivity index (χ3v) is 6.62. The Balaban J connectivity index is 0.00000116. The van der Waals surface area contributed by atoms with E-state index in [1.807, 2.05) is 52.1 Å². The van der Waals surface area contributed by atoms with Crippen molar-refractivity contribution in [3.05, 3.63) is 35.9 Å². The van der Waals surface area contributed by atoms with E-state index >= 15 is 0 Å². The smallest absolute Gasteiger partial charge is 0.0683 e. The van der Waals surface area contributed by atoms with Crippen LogP contribution >= 0.6 is 0 Å². The van der Waals surface area contributed by atoms with E-state index in [0.29, 0.717) is 3.60 Å². The average Bonchev–Trinajstić information content (AvgIpc) is 2.55. The molecule has 0 amide bonds. The second-order valence-corrected chi connectivity index (χ2v) is 8.08. The maximum atomic E-state index is 5.29. The summed E-state index contributed by atoms with van der Waals surface area (Å²) in [5, 5.41) is 0. The van der Waals surface area contributed by atoms with E-state index in [9.17, 15) is 0 Å². The summed E-state index contributed by atoms with van der Waals surface area (Å²) in [6, 6.07) is 6.15. The van der Waals surface area contributed by atoms with Gasteiger partial charge in [0.25, 0.3) is 0 Å². The summed E-state index contributed by atoms with van der Waals surface area (Å²) in [6.45, 7) is 6.01. The van der Waals surface area contributed by atoms with Crippen molar-refractivity contribution in [3.63, 3.8) is 0 Å². The molecule has 1 heterocycles. The Hall–Kier alpha value is -0.256. The number of hydrogen-bond donors (Lipinski definition) is 0. The molecule has 4 nitrogen and oxygen atoms in total. The van der Waals surface area contributed by atoms with Crippen molar-refractivity contribution in [1.29, 1.82) is 0 Å². The van der Waals surface area contributed by atoms with E-state index in [4.69, 9.17) is 9.73 Å². The van der Waals surface area contributed by atoms with Crippen molar-refractivity contribution in [2.45, 2.75) is 24.4 Å². The van der Waals surface area contributed by atoms with Gasteiger partial charge in [-0.2, -0.15) is 0 Å². The molecule has 0 saturated heterocycles. The van der Waals surface area contributed by atoms with Gasteiger partial charge >= 0.3 is 152 Å². The Morgan fingerprint density at radius 3 is 2.64 bits per heavy atom. The summed E-state index contributed by atoms with van der Waals surface area (Å²) in [7, 11) is 3.52. The first kappa shape index (κ1) is 19.8. The molecule has 6 radical (unpaired) electrons. The molecule has 1 aromatic rings. The second-order valence-electron chi connectivity index (χ2n) is 4.21. The summed E-state index contributed by atoms with van der Waals surface area (Å²) in [5.74, 6) is 1.85. The van der Waals surface area contributed by atoms with Crippen LogP contribution < -0.4 is 4.74 Å². The SMILES string of the molecule is C/C=C\C(=NC)N1[C]([Pb])=Nc2cc(OC)ccc2[CH]1[Pb].CC. The minimum absolute atomic E-state index is 0.371. The number of amidine groups is 2. The molecule has 6 heteroatoms. The van der Waals surface area contributed by atoms with Crippen LogP contribution in [0.3, 0.4) is 0 Å². The van der Waals surface area contributed by atoms with Crippen molar-refractivity contribution in [1.82, 2.24) is 4.90 Å². The topological polar surface area (TPSA) is 37.2 Å². The van der Waals surface area contributed by atoms with E-state index in [-0.39, 0.29) is 0 Å².